The van der Waals surface area contributed by atoms with Crippen LogP contribution in [0.1, 0.15) is 58.0 Å². The molecule has 2 fully saturated rings. The van der Waals surface area contributed by atoms with Gasteiger partial charge in [0.25, 0.3) is 5.69 Å². The molecule has 0 radical (unpaired) electrons. The molecule has 0 saturated carbocycles. The molecule has 0 bridgehead atoms. The molecule has 18 heteroatoms. The topological polar surface area (TPSA) is 244 Å². The number of aliphatic hydroxyl groups is 1. The Morgan fingerprint density at radius 1 is 0.855 bits per heavy atom. The van der Waals surface area contributed by atoms with E-state index in [0.29, 0.717) is 16.7 Å². The number of nitro benzene ring substituents is 1. The normalized spacial score (nSPS) is 21.3. The van der Waals surface area contributed by atoms with E-state index in [4.69, 9.17) is 29.4 Å². The summed E-state index contributed by atoms with van der Waals surface area (Å²) in [5.41, 5.74) is 5.96. The van der Waals surface area contributed by atoms with Gasteiger partial charge in [0.15, 0.2) is 5.92 Å². The van der Waals surface area contributed by atoms with E-state index in [1.165, 1.54) is 42.5 Å². The van der Waals surface area contributed by atoms with Crippen LogP contribution in [0, 0.1) is 33.8 Å². The highest BCUT2D eigenvalue weighted by molar-refractivity contribution is 6.23. The van der Waals surface area contributed by atoms with Gasteiger partial charge in [-0.2, -0.15) is 0 Å². The van der Waals surface area contributed by atoms with E-state index in [0.717, 1.165) is 19.1 Å². The van der Waals surface area contributed by atoms with Crippen molar-refractivity contribution in [1.82, 2.24) is 4.90 Å². The molecule has 2 saturated heterocycles. The summed E-state index contributed by atoms with van der Waals surface area (Å²) in [5.74, 6) is -2.05. The first-order valence-electron chi connectivity index (χ1n) is 21.6. The van der Waals surface area contributed by atoms with Gasteiger partial charge in [-0.3, -0.25) is 39.0 Å². The average Bonchev–Trinajstić information content (AvgIpc) is 3.82. The molecule has 3 amide bonds. The molecule has 3 aliphatic rings. The maximum Gasteiger partial charge on any atom is 0.421 e. The number of ether oxygens (including phenoxy) is 5. The quantitative estimate of drug-likeness (QED) is 0.0387. The number of fused-ring (bicyclic) bond motifs is 3. The fourth-order valence-corrected chi connectivity index (χ4v) is 9.69. The monoisotopic (exact) mass is 936 g/mol. The second kappa shape index (κ2) is 19.8. The maximum atomic E-state index is 16.2. The molecule has 0 unspecified atom stereocenters. The number of benzene rings is 5. The molecule has 1 spiro atoms. The van der Waals surface area contributed by atoms with Crippen molar-refractivity contribution in [2.24, 2.45) is 17.6 Å². The van der Waals surface area contributed by atoms with Crippen LogP contribution in [0.3, 0.4) is 0 Å². The van der Waals surface area contributed by atoms with Crippen LogP contribution in [-0.4, -0.2) is 84.2 Å². The van der Waals surface area contributed by atoms with Crippen LogP contribution < -0.4 is 15.4 Å². The molecule has 6 atom stereocenters. The van der Waals surface area contributed by atoms with E-state index >= 15 is 9.59 Å². The standard InChI is InChI=1S/C51H44N4O14/c1-65-46(58)36(47(59)66-2)18-11-12-30-22-25-38-37(28-30)51(49(61)53(38)50(62)68-29-31-20-23-34(24-21-31)55(63)64)40(45(52)57)42-48(60)69-43(33-15-7-4-8-16-33)41(32-13-5-3-6-14-32)54(42)44(51)35-17-9-10-19-39(35)67-27-26-56/h3-10,13-17,19-25,28,36,40-44,56H,18,26-27,29H2,1-2H3,(H2,52,57)/t40-,41-,42-,43+,44+,51-/m1/s1. The van der Waals surface area contributed by atoms with Gasteiger partial charge in [-0.05, 0) is 58.7 Å². The number of anilines is 1. The lowest BCUT2D eigenvalue weighted by molar-refractivity contribution is -0.384. The third-order valence-electron chi connectivity index (χ3n) is 12.5. The summed E-state index contributed by atoms with van der Waals surface area (Å²) in [6.45, 7) is -1.04. The van der Waals surface area contributed by atoms with Crippen molar-refractivity contribution in [2.75, 3.05) is 32.3 Å². The van der Waals surface area contributed by atoms with Crippen molar-refractivity contribution < 1.29 is 62.5 Å². The number of para-hydroxylation sites is 1. The third-order valence-corrected chi connectivity index (χ3v) is 12.5. The molecule has 3 heterocycles. The fraction of sp³-hybridized carbons (Fsp3) is 0.255. The van der Waals surface area contributed by atoms with Gasteiger partial charge in [0.05, 0.1) is 49.4 Å². The van der Waals surface area contributed by atoms with Crippen LogP contribution in [0.15, 0.2) is 127 Å². The summed E-state index contributed by atoms with van der Waals surface area (Å²) in [5, 5.41) is 21.3. The number of aliphatic hydroxyl groups excluding tert-OH is 1. The Morgan fingerprint density at radius 3 is 2.12 bits per heavy atom. The van der Waals surface area contributed by atoms with Crippen LogP contribution in [-0.2, 0) is 54.9 Å². The van der Waals surface area contributed by atoms with Crippen LogP contribution in [0.25, 0.3) is 0 Å². The number of primary amides is 1. The molecule has 3 aliphatic heterocycles. The van der Waals surface area contributed by atoms with Gasteiger partial charge in [0.1, 0.15) is 36.5 Å². The zero-order chi connectivity index (χ0) is 49.0. The first kappa shape index (κ1) is 47.1. The Hall–Kier alpha value is -8.40. The molecule has 5 aromatic rings. The molecular weight excluding hydrogens is 893 g/mol. The molecule has 5 aromatic carbocycles. The van der Waals surface area contributed by atoms with Crippen molar-refractivity contribution in [1.29, 1.82) is 0 Å². The Bertz CT molecular complexity index is 2870. The van der Waals surface area contributed by atoms with Gasteiger partial charge >= 0.3 is 24.0 Å². The molecule has 3 N–H and O–H groups in total. The van der Waals surface area contributed by atoms with E-state index < -0.39 is 95.4 Å². The van der Waals surface area contributed by atoms with Crippen LogP contribution in [0.2, 0.25) is 0 Å². The Kier molecular flexibility index (Phi) is 13.5. The summed E-state index contributed by atoms with van der Waals surface area (Å²) in [4.78, 5) is 98.8. The second-order valence-electron chi connectivity index (χ2n) is 16.2. The van der Waals surface area contributed by atoms with Gasteiger partial charge in [0.2, 0.25) is 11.8 Å². The molecular formula is C51H44N4O14. The Balaban J connectivity index is 1.39. The summed E-state index contributed by atoms with van der Waals surface area (Å²) in [6.07, 6.45) is -2.58. The number of carbonyl (C=O) groups excluding carboxylic acids is 6. The largest absolute Gasteiger partial charge is 0.491 e. The summed E-state index contributed by atoms with van der Waals surface area (Å²) >= 11 is 0. The van der Waals surface area contributed by atoms with E-state index in [1.807, 2.05) is 12.1 Å². The van der Waals surface area contributed by atoms with E-state index in [-0.39, 0.29) is 46.8 Å². The number of hydrogen-bond acceptors (Lipinski definition) is 15. The highest BCUT2D eigenvalue weighted by atomic mass is 16.6. The molecule has 8 rings (SSSR count). The molecule has 69 heavy (non-hydrogen) atoms. The number of imide groups is 1. The number of esters is 3. The van der Waals surface area contributed by atoms with Crippen LogP contribution in [0.5, 0.6) is 5.75 Å². The first-order chi connectivity index (χ1) is 33.4. The lowest BCUT2D eigenvalue weighted by Crippen LogP contribution is -2.55. The number of nitrogens with zero attached hydrogens (tertiary/aromatic N) is 3. The number of methoxy groups -OCH3 is 2. The number of hydrogen-bond donors (Lipinski definition) is 2. The van der Waals surface area contributed by atoms with Gasteiger partial charge in [-0.1, -0.05) is 90.7 Å². The van der Waals surface area contributed by atoms with E-state index in [9.17, 15) is 34.4 Å². The minimum atomic E-state index is -2.30. The van der Waals surface area contributed by atoms with Crippen molar-refractivity contribution in [3.63, 3.8) is 0 Å². The van der Waals surface area contributed by atoms with Gasteiger partial charge in [-0.15, -0.1) is 0 Å². The van der Waals surface area contributed by atoms with Crippen molar-refractivity contribution in [2.45, 2.75) is 42.7 Å². The number of non-ortho nitro benzene ring substituents is 1. The predicted octanol–water partition coefficient (Wildman–Crippen LogP) is 5.16. The predicted molar refractivity (Wildman–Crippen MR) is 242 cm³/mol. The molecule has 0 aromatic heterocycles. The fourth-order valence-electron chi connectivity index (χ4n) is 9.69. The SMILES string of the molecule is COC(=O)C(CC#Cc1ccc2c(c1)[C@]1(C(=O)N2C(=O)OCc2ccc([N+](=O)[O-])cc2)[C@H](c2ccccc2OCCO)N2[C@H](c3ccccc3)[C@H](c3ccccc3)OC(=O)[C@H]2[C@@H]1C(N)=O)C(=O)OC. The Labute approximate surface area is 394 Å². The maximum absolute atomic E-state index is 16.2. The van der Waals surface area contributed by atoms with Crippen molar-refractivity contribution >= 4 is 47.2 Å². The van der Waals surface area contributed by atoms with Crippen LogP contribution in [0.4, 0.5) is 16.2 Å². The van der Waals surface area contributed by atoms with Crippen molar-refractivity contribution in [3.8, 4) is 17.6 Å². The van der Waals surface area contributed by atoms with Crippen LogP contribution >= 0.6 is 0 Å². The van der Waals surface area contributed by atoms with Gasteiger partial charge in [0, 0.05) is 29.7 Å². The number of nitrogens with two attached hydrogens (primary N) is 1. The Morgan fingerprint density at radius 2 is 1.49 bits per heavy atom. The third kappa shape index (κ3) is 8.49. The number of rotatable bonds is 13. The highest BCUT2D eigenvalue weighted by Crippen LogP contribution is 2.66. The molecule has 0 aliphatic carbocycles. The number of nitro groups is 1. The van der Waals surface area contributed by atoms with Gasteiger partial charge < -0.3 is 34.5 Å². The number of carbonyl (C=O) groups is 6. The number of amides is 3. The lowest BCUT2D eigenvalue weighted by Gasteiger charge is -2.46. The summed E-state index contributed by atoms with van der Waals surface area (Å²) in [6, 6.07) is 30.2. The zero-order valence-electron chi connectivity index (χ0n) is 37.1. The lowest BCUT2D eigenvalue weighted by atomic mass is 9.65. The van der Waals surface area contributed by atoms with E-state index in [1.54, 1.807) is 77.7 Å². The number of morpholine rings is 1. The molecule has 352 valence electrons. The smallest absolute Gasteiger partial charge is 0.421 e. The highest BCUT2D eigenvalue weighted by Gasteiger charge is 2.76. The minimum Gasteiger partial charge on any atom is -0.491 e. The average molecular weight is 937 g/mol. The van der Waals surface area contributed by atoms with Gasteiger partial charge in [-0.25, -0.2) is 9.69 Å². The van der Waals surface area contributed by atoms with Crippen molar-refractivity contribution in [3.05, 3.63) is 171 Å². The second-order valence-corrected chi connectivity index (χ2v) is 16.2. The number of cyclic esters (lactones) is 1. The summed E-state index contributed by atoms with van der Waals surface area (Å²) < 4.78 is 27.9. The molecule has 18 nitrogen and oxygen atoms in total. The zero-order valence-corrected chi connectivity index (χ0v) is 37.1. The minimum absolute atomic E-state index is 0.0279. The summed E-state index contributed by atoms with van der Waals surface area (Å²) in [7, 11) is 2.22. The van der Waals surface area contributed by atoms with E-state index in [2.05, 4.69) is 11.8 Å². The first-order valence-corrected chi connectivity index (χ1v) is 21.6.